The van der Waals surface area contributed by atoms with Gasteiger partial charge in [-0.05, 0) is 54.5 Å². The molecule has 0 N–H and O–H groups in total. The second-order valence-corrected chi connectivity index (χ2v) is 7.95. The molecule has 1 heterocycles. The van der Waals surface area contributed by atoms with E-state index >= 15 is 0 Å². The molecule has 0 saturated heterocycles. The van der Waals surface area contributed by atoms with Crippen molar-refractivity contribution in [2.45, 2.75) is 32.1 Å². The topological polar surface area (TPSA) is 51.1 Å². The number of carbonyl (C=O) groups is 1. The maximum Gasteiger partial charge on any atom is 0.387 e. The second kappa shape index (κ2) is 9.75. The minimum atomic E-state index is -2.90. The number of benzene rings is 2. The van der Waals surface area contributed by atoms with Crippen LogP contribution in [0.25, 0.3) is 6.08 Å². The molecule has 30 heavy (non-hydrogen) atoms. The molecule has 3 rings (SSSR count). The largest absolute Gasteiger partial charge is 0.497 e. The molecule has 0 bridgehead atoms. The van der Waals surface area contributed by atoms with Crippen molar-refractivity contribution in [2.75, 3.05) is 12.0 Å². The molecule has 0 aromatic heterocycles. The number of nitrogens with zero attached hydrogens (tertiary/aromatic N) is 2. The summed E-state index contributed by atoms with van der Waals surface area (Å²) in [6, 6.07) is 13.3. The first-order chi connectivity index (χ1) is 14.4. The van der Waals surface area contributed by atoms with Crippen molar-refractivity contribution < 1.29 is 23.0 Å². The summed E-state index contributed by atoms with van der Waals surface area (Å²) >= 11 is 1.49. The average molecular weight is 432 g/mol. The summed E-state index contributed by atoms with van der Waals surface area (Å²) < 4.78 is 34.4. The molecule has 158 valence electrons. The van der Waals surface area contributed by atoms with E-state index in [1.807, 2.05) is 24.3 Å². The van der Waals surface area contributed by atoms with Gasteiger partial charge in [0.05, 0.1) is 12.8 Å². The Morgan fingerprint density at radius 1 is 1.10 bits per heavy atom. The number of hydrogen-bond acceptors (Lipinski definition) is 5. The summed E-state index contributed by atoms with van der Waals surface area (Å²) in [7, 11) is 1.59. The van der Waals surface area contributed by atoms with Gasteiger partial charge in [0, 0.05) is 5.25 Å². The van der Waals surface area contributed by atoms with Crippen LogP contribution in [0.1, 0.15) is 25.8 Å². The number of anilines is 1. The summed E-state index contributed by atoms with van der Waals surface area (Å²) in [5.74, 6) is 0.473. The number of halogens is 2. The van der Waals surface area contributed by atoms with Crippen LogP contribution < -0.4 is 14.4 Å². The third-order valence-corrected chi connectivity index (χ3v) is 5.67. The Bertz CT molecular complexity index is 944. The second-order valence-electron chi connectivity index (χ2n) is 6.55. The van der Waals surface area contributed by atoms with Gasteiger partial charge in [-0.3, -0.25) is 9.69 Å². The van der Waals surface area contributed by atoms with E-state index in [4.69, 9.17) is 4.74 Å². The monoisotopic (exact) mass is 432 g/mol. The van der Waals surface area contributed by atoms with Crippen LogP contribution in [0.2, 0.25) is 0 Å². The van der Waals surface area contributed by atoms with Crippen molar-refractivity contribution in [1.82, 2.24) is 0 Å². The zero-order valence-electron chi connectivity index (χ0n) is 16.8. The normalized spacial score (nSPS) is 16.2. The van der Waals surface area contributed by atoms with E-state index in [2.05, 4.69) is 23.6 Å². The standard InChI is InChI=1S/C22H22F2N2O3S/c1-4-14(2)30-22-25-19(13-15-5-9-17(28-3)10-6-15)20(27)26(22)16-7-11-18(12-8-16)29-21(23)24/h5-14,21H,4H2,1-3H3. The minimum Gasteiger partial charge on any atom is -0.497 e. The van der Waals surface area contributed by atoms with E-state index < -0.39 is 6.61 Å². The molecule has 0 spiro atoms. The highest BCUT2D eigenvalue weighted by Crippen LogP contribution is 2.33. The maximum atomic E-state index is 13.1. The van der Waals surface area contributed by atoms with Crippen LogP contribution in [0.15, 0.2) is 59.2 Å². The van der Waals surface area contributed by atoms with Gasteiger partial charge in [-0.25, -0.2) is 4.99 Å². The van der Waals surface area contributed by atoms with E-state index in [1.54, 1.807) is 25.3 Å². The number of hydrogen-bond donors (Lipinski definition) is 0. The fraction of sp³-hybridized carbons (Fsp3) is 0.273. The van der Waals surface area contributed by atoms with Gasteiger partial charge in [0.2, 0.25) is 0 Å². The van der Waals surface area contributed by atoms with Crippen molar-refractivity contribution >= 4 is 34.6 Å². The van der Waals surface area contributed by atoms with Crippen molar-refractivity contribution in [1.29, 1.82) is 0 Å². The van der Waals surface area contributed by atoms with E-state index in [0.29, 0.717) is 16.6 Å². The van der Waals surface area contributed by atoms with Gasteiger partial charge < -0.3 is 9.47 Å². The van der Waals surface area contributed by atoms with E-state index in [1.165, 1.54) is 28.8 Å². The van der Waals surface area contributed by atoms with Crippen LogP contribution >= 0.6 is 11.8 Å². The van der Waals surface area contributed by atoms with Crippen LogP contribution in [-0.2, 0) is 4.79 Å². The molecule has 0 radical (unpaired) electrons. The summed E-state index contributed by atoms with van der Waals surface area (Å²) in [5, 5.41) is 0.803. The number of amides is 1. The van der Waals surface area contributed by atoms with Crippen LogP contribution in [0.3, 0.4) is 0 Å². The molecule has 5 nitrogen and oxygen atoms in total. The van der Waals surface area contributed by atoms with E-state index in [9.17, 15) is 13.6 Å². The fourth-order valence-corrected chi connectivity index (χ4v) is 3.67. The van der Waals surface area contributed by atoms with Gasteiger partial charge in [-0.2, -0.15) is 8.78 Å². The smallest absolute Gasteiger partial charge is 0.387 e. The Kier molecular flexibility index (Phi) is 7.10. The highest BCUT2D eigenvalue weighted by atomic mass is 32.2. The molecule has 1 aliphatic rings. The molecule has 0 aliphatic carbocycles. The molecule has 0 fully saturated rings. The highest BCUT2D eigenvalue weighted by molar-refractivity contribution is 8.14. The SMILES string of the molecule is CCC(C)SC1=NC(=Cc2ccc(OC)cc2)C(=O)N1c1ccc(OC(F)F)cc1. The maximum absolute atomic E-state index is 13.1. The lowest BCUT2D eigenvalue weighted by atomic mass is 10.2. The molecule has 8 heteroatoms. The third kappa shape index (κ3) is 5.18. The molecule has 2 aromatic rings. The first kappa shape index (κ1) is 21.8. The molecule has 1 amide bonds. The van der Waals surface area contributed by atoms with E-state index in [-0.39, 0.29) is 16.9 Å². The van der Waals surface area contributed by atoms with Gasteiger partial charge in [-0.1, -0.05) is 37.7 Å². The Labute approximate surface area is 178 Å². The van der Waals surface area contributed by atoms with Gasteiger partial charge in [0.25, 0.3) is 5.91 Å². The fourth-order valence-electron chi connectivity index (χ4n) is 2.70. The molecule has 2 aromatic carbocycles. The molecule has 1 unspecified atom stereocenters. The Hall–Kier alpha value is -2.87. The Balaban J connectivity index is 1.91. The Morgan fingerprint density at radius 3 is 2.30 bits per heavy atom. The van der Waals surface area contributed by atoms with Crippen molar-refractivity contribution in [3.05, 3.63) is 59.8 Å². The molecular weight excluding hydrogens is 410 g/mol. The predicted octanol–water partition coefficient (Wildman–Crippen LogP) is 5.57. The van der Waals surface area contributed by atoms with Crippen LogP contribution in [0, 0.1) is 0 Å². The average Bonchev–Trinajstić information content (AvgIpc) is 3.03. The highest BCUT2D eigenvalue weighted by Gasteiger charge is 2.32. The molecule has 1 atom stereocenters. The number of methoxy groups -OCH3 is 1. The number of alkyl halides is 2. The third-order valence-electron chi connectivity index (χ3n) is 4.45. The first-order valence-corrected chi connectivity index (χ1v) is 10.3. The number of amidine groups is 1. The molecule has 0 saturated carbocycles. The first-order valence-electron chi connectivity index (χ1n) is 9.41. The van der Waals surface area contributed by atoms with Crippen LogP contribution in [0.4, 0.5) is 14.5 Å². The number of rotatable bonds is 7. The van der Waals surface area contributed by atoms with Gasteiger partial charge in [-0.15, -0.1) is 0 Å². The van der Waals surface area contributed by atoms with Crippen molar-refractivity contribution in [3.8, 4) is 11.5 Å². The zero-order valence-corrected chi connectivity index (χ0v) is 17.7. The quantitative estimate of drug-likeness (QED) is 0.537. The number of aliphatic imine (C=N–C) groups is 1. The van der Waals surface area contributed by atoms with Gasteiger partial charge >= 0.3 is 6.61 Å². The molecule has 1 aliphatic heterocycles. The lowest BCUT2D eigenvalue weighted by molar-refractivity contribution is -0.113. The summed E-state index contributed by atoms with van der Waals surface area (Å²) in [6.07, 6.45) is 2.62. The number of thioether (sulfide) groups is 1. The predicted molar refractivity (Wildman–Crippen MR) is 116 cm³/mol. The lowest BCUT2D eigenvalue weighted by Crippen LogP contribution is -2.31. The summed E-state index contributed by atoms with van der Waals surface area (Å²) in [6.45, 7) is 1.21. The Morgan fingerprint density at radius 2 is 1.73 bits per heavy atom. The number of ether oxygens (including phenoxy) is 2. The van der Waals surface area contributed by atoms with Gasteiger partial charge in [0.1, 0.15) is 17.2 Å². The lowest BCUT2D eigenvalue weighted by Gasteiger charge is -2.20. The van der Waals surface area contributed by atoms with E-state index in [0.717, 1.165) is 17.7 Å². The summed E-state index contributed by atoms with van der Waals surface area (Å²) in [5.41, 5.74) is 1.66. The van der Waals surface area contributed by atoms with Crippen molar-refractivity contribution in [2.24, 2.45) is 4.99 Å². The van der Waals surface area contributed by atoms with Crippen LogP contribution in [-0.4, -0.2) is 30.0 Å². The van der Waals surface area contributed by atoms with Crippen molar-refractivity contribution in [3.63, 3.8) is 0 Å². The summed E-state index contributed by atoms with van der Waals surface area (Å²) in [4.78, 5) is 19.2. The molecular formula is C22H22F2N2O3S. The van der Waals surface area contributed by atoms with Gasteiger partial charge in [0.15, 0.2) is 5.17 Å². The zero-order chi connectivity index (χ0) is 21.7. The minimum absolute atomic E-state index is 0.0301. The number of carbonyl (C=O) groups excluding carboxylic acids is 1. The van der Waals surface area contributed by atoms with Crippen LogP contribution in [0.5, 0.6) is 11.5 Å².